The molecule has 1 aliphatic heterocycles. The van der Waals surface area contributed by atoms with E-state index in [4.69, 9.17) is 22.4 Å². The van der Waals surface area contributed by atoms with Gasteiger partial charge < -0.3 is 10.6 Å². The summed E-state index contributed by atoms with van der Waals surface area (Å²) in [5, 5.41) is 9.48. The van der Waals surface area contributed by atoms with Gasteiger partial charge in [-0.3, -0.25) is 9.36 Å². The molecule has 5 aromatic rings. The number of nitrogen functional groups attached to an aromatic ring is 1. The largest absolute Gasteiger partial charge is 0.366 e. The van der Waals surface area contributed by atoms with Crippen LogP contribution >= 0.6 is 11.6 Å². The molecule has 1 saturated heterocycles. The molecule has 4 aromatic heterocycles. The lowest BCUT2D eigenvalue weighted by Crippen LogP contribution is -2.33. The van der Waals surface area contributed by atoms with Gasteiger partial charge in [-0.05, 0) is 43.2 Å². The molecule has 10 heteroatoms. The second-order valence-electron chi connectivity index (χ2n) is 7.77. The first-order valence-electron chi connectivity index (χ1n) is 10.3. The van der Waals surface area contributed by atoms with Crippen molar-refractivity contribution in [3.8, 4) is 5.69 Å². The number of benzene rings is 1. The summed E-state index contributed by atoms with van der Waals surface area (Å²) in [7, 11) is 0. The van der Waals surface area contributed by atoms with Crippen LogP contribution < -0.4 is 16.2 Å². The smallest absolute Gasteiger partial charge is 0.284 e. The zero-order chi connectivity index (χ0) is 21.8. The first-order valence-corrected chi connectivity index (χ1v) is 10.7. The summed E-state index contributed by atoms with van der Waals surface area (Å²) in [6.45, 7) is 0.761. The Kier molecular flexibility index (Phi) is 4.19. The van der Waals surface area contributed by atoms with Crippen molar-refractivity contribution in [1.82, 2.24) is 28.8 Å². The molecule has 0 spiro atoms. The molecule has 0 bridgehead atoms. The van der Waals surface area contributed by atoms with Gasteiger partial charge in [-0.2, -0.15) is 10.1 Å². The van der Waals surface area contributed by atoms with Crippen LogP contribution in [0.2, 0.25) is 5.02 Å². The maximum atomic E-state index is 13.6. The van der Waals surface area contributed by atoms with Gasteiger partial charge in [-0.25, -0.2) is 9.03 Å². The molecule has 0 amide bonds. The van der Waals surface area contributed by atoms with Crippen LogP contribution in [0.3, 0.4) is 0 Å². The minimum atomic E-state index is -0.210. The Labute approximate surface area is 187 Å². The van der Waals surface area contributed by atoms with Crippen molar-refractivity contribution in [2.75, 3.05) is 17.2 Å². The van der Waals surface area contributed by atoms with Crippen LogP contribution in [0, 0.1) is 0 Å². The number of anilines is 2. The molecule has 0 aliphatic carbocycles. The van der Waals surface area contributed by atoms with E-state index < -0.39 is 0 Å². The molecule has 1 atom stereocenters. The number of halogens is 1. The van der Waals surface area contributed by atoms with E-state index in [1.165, 1.54) is 0 Å². The van der Waals surface area contributed by atoms with E-state index in [-0.39, 0.29) is 17.5 Å². The normalized spacial score (nSPS) is 16.4. The highest BCUT2D eigenvalue weighted by atomic mass is 35.5. The molecule has 0 radical (unpaired) electrons. The van der Waals surface area contributed by atoms with Gasteiger partial charge in [0.1, 0.15) is 11.0 Å². The SMILES string of the molecule is Nc1nc(N2CCCC2c2nn3ccc(Cl)c3c(=O)n2-c2ccccc2)c2cccn2n1. The maximum Gasteiger partial charge on any atom is 0.284 e. The van der Waals surface area contributed by atoms with Crippen molar-refractivity contribution in [3.05, 3.63) is 82.1 Å². The minimum Gasteiger partial charge on any atom is -0.366 e. The summed E-state index contributed by atoms with van der Waals surface area (Å²) >= 11 is 6.33. The zero-order valence-electron chi connectivity index (χ0n) is 17.0. The molecular formula is C22H19ClN8O. The van der Waals surface area contributed by atoms with Crippen molar-refractivity contribution in [2.24, 2.45) is 0 Å². The van der Waals surface area contributed by atoms with E-state index >= 15 is 0 Å². The standard InChI is InChI=1S/C22H19ClN8O/c23-15-10-13-30-18(15)21(32)31(14-6-2-1-3-7-14)20(26-30)16-8-4-11-28(16)19-17-9-5-12-29(17)27-22(24)25-19/h1-3,5-7,9-10,12-13,16H,4,8,11H2,(H2,24,27). The van der Waals surface area contributed by atoms with E-state index in [1.54, 1.807) is 25.9 Å². The number of fused-ring (bicyclic) bond motifs is 2. The van der Waals surface area contributed by atoms with Crippen molar-refractivity contribution in [1.29, 1.82) is 0 Å². The summed E-state index contributed by atoms with van der Waals surface area (Å²) in [6, 6.07) is 14.9. The van der Waals surface area contributed by atoms with E-state index in [2.05, 4.69) is 15.0 Å². The van der Waals surface area contributed by atoms with Crippen LogP contribution in [0.25, 0.3) is 16.7 Å². The number of para-hydroxylation sites is 1. The van der Waals surface area contributed by atoms with Gasteiger partial charge in [-0.1, -0.05) is 29.8 Å². The molecular weight excluding hydrogens is 428 g/mol. The minimum absolute atomic E-state index is 0.179. The summed E-state index contributed by atoms with van der Waals surface area (Å²) < 4.78 is 4.95. The highest BCUT2D eigenvalue weighted by Gasteiger charge is 2.33. The van der Waals surface area contributed by atoms with Gasteiger partial charge in [-0.15, -0.1) is 5.10 Å². The quantitative estimate of drug-likeness (QED) is 0.457. The number of aromatic nitrogens is 6. The summed E-state index contributed by atoms with van der Waals surface area (Å²) in [5.74, 6) is 1.54. The highest BCUT2D eigenvalue weighted by molar-refractivity contribution is 6.33. The third-order valence-corrected chi connectivity index (χ3v) is 6.19. The molecule has 1 fully saturated rings. The third kappa shape index (κ3) is 2.78. The van der Waals surface area contributed by atoms with Crippen LogP contribution in [0.15, 0.2) is 65.7 Å². The molecule has 5 heterocycles. The van der Waals surface area contributed by atoms with Gasteiger partial charge in [0, 0.05) is 18.9 Å². The van der Waals surface area contributed by atoms with Crippen molar-refractivity contribution >= 4 is 34.4 Å². The number of nitrogens with zero attached hydrogens (tertiary/aromatic N) is 7. The molecule has 6 rings (SSSR count). The Morgan fingerprint density at radius 3 is 2.69 bits per heavy atom. The second-order valence-corrected chi connectivity index (χ2v) is 8.18. The third-order valence-electron chi connectivity index (χ3n) is 5.89. The van der Waals surface area contributed by atoms with Crippen LogP contribution in [-0.4, -0.2) is 35.3 Å². The predicted octanol–water partition coefficient (Wildman–Crippen LogP) is 3.11. The van der Waals surface area contributed by atoms with Crippen molar-refractivity contribution < 1.29 is 0 Å². The molecule has 1 unspecified atom stereocenters. The van der Waals surface area contributed by atoms with E-state index in [0.717, 1.165) is 36.4 Å². The molecule has 0 saturated carbocycles. The predicted molar refractivity (Wildman–Crippen MR) is 123 cm³/mol. The maximum absolute atomic E-state index is 13.6. The Balaban J connectivity index is 1.60. The first kappa shape index (κ1) is 18.9. The Morgan fingerprint density at radius 2 is 1.84 bits per heavy atom. The Hall–Kier alpha value is -3.85. The lowest BCUT2D eigenvalue weighted by Gasteiger charge is -2.27. The fraction of sp³-hybridized carbons (Fsp3) is 0.182. The Morgan fingerprint density at radius 1 is 1.00 bits per heavy atom. The van der Waals surface area contributed by atoms with Gasteiger partial charge in [0.15, 0.2) is 11.6 Å². The van der Waals surface area contributed by atoms with Gasteiger partial charge in [0.2, 0.25) is 5.95 Å². The fourth-order valence-corrected chi connectivity index (χ4v) is 4.75. The van der Waals surface area contributed by atoms with Crippen molar-refractivity contribution in [2.45, 2.75) is 18.9 Å². The molecule has 2 N–H and O–H groups in total. The summed E-state index contributed by atoms with van der Waals surface area (Å²) in [4.78, 5) is 20.3. The van der Waals surface area contributed by atoms with Crippen LogP contribution in [0.1, 0.15) is 24.7 Å². The van der Waals surface area contributed by atoms with Gasteiger partial charge in [0.05, 0.1) is 16.8 Å². The zero-order valence-corrected chi connectivity index (χ0v) is 17.7. The Bertz CT molecular complexity index is 1520. The number of rotatable bonds is 3. The summed E-state index contributed by atoms with van der Waals surface area (Å²) in [5.41, 5.74) is 7.73. The van der Waals surface area contributed by atoms with E-state index in [1.807, 2.05) is 48.7 Å². The monoisotopic (exact) mass is 446 g/mol. The van der Waals surface area contributed by atoms with Gasteiger partial charge >= 0.3 is 0 Å². The second kappa shape index (κ2) is 7.10. The molecule has 1 aliphatic rings. The number of hydrogen-bond acceptors (Lipinski definition) is 6. The van der Waals surface area contributed by atoms with E-state index in [9.17, 15) is 4.79 Å². The molecule has 32 heavy (non-hydrogen) atoms. The lowest BCUT2D eigenvalue weighted by molar-refractivity contribution is 0.601. The van der Waals surface area contributed by atoms with Crippen molar-refractivity contribution in [3.63, 3.8) is 0 Å². The van der Waals surface area contributed by atoms with Crippen LogP contribution in [-0.2, 0) is 0 Å². The number of nitrogens with two attached hydrogens (primary N) is 1. The molecule has 1 aromatic carbocycles. The van der Waals surface area contributed by atoms with Gasteiger partial charge in [0.25, 0.3) is 5.56 Å². The molecule has 160 valence electrons. The fourth-order valence-electron chi connectivity index (χ4n) is 4.52. The lowest BCUT2D eigenvalue weighted by atomic mass is 10.2. The van der Waals surface area contributed by atoms with Crippen LogP contribution in [0.4, 0.5) is 11.8 Å². The summed E-state index contributed by atoms with van der Waals surface area (Å²) in [6.07, 6.45) is 5.30. The first-order chi connectivity index (χ1) is 15.6. The average Bonchev–Trinajstić information content (AvgIpc) is 3.53. The van der Waals surface area contributed by atoms with Crippen LogP contribution in [0.5, 0.6) is 0 Å². The van der Waals surface area contributed by atoms with E-state index in [0.29, 0.717) is 16.4 Å². The average molecular weight is 447 g/mol. The molecule has 9 nitrogen and oxygen atoms in total. The highest BCUT2D eigenvalue weighted by Crippen LogP contribution is 2.37. The number of hydrogen-bond donors (Lipinski definition) is 1. The topological polar surface area (TPSA) is 98.8 Å².